The van der Waals surface area contributed by atoms with E-state index in [4.69, 9.17) is 4.74 Å². The zero-order chi connectivity index (χ0) is 14.3. The molecule has 0 spiro atoms. The van der Waals surface area contributed by atoms with Crippen LogP contribution in [-0.2, 0) is 4.74 Å². The Morgan fingerprint density at radius 1 is 1.37 bits per heavy atom. The predicted molar refractivity (Wildman–Crippen MR) is 80.8 cm³/mol. The predicted octanol–water partition coefficient (Wildman–Crippen LogP) is 4.30. The second-order valence-electron chi connectivity index (χ2n) is 4.89. The van der Waals surface area contributed by atoms with Gasteiger partial charge >= 0.3 is 0 Å². The van der Waals surface area contributed by atoms with Crippen LogP contribution in [0.2, 0.25) is 0 Å². The second kappa shape index (κ2) is 8.67. The molecule has 0 fully saturated rings. The Hall–Kier alpha value is -0.450. The molecule has 1 aromatic carbocycles. The summed E-state index contributed by atoms with van der Waals surface area (Å²) in [5.41, 5.74) is 0.990. The van der Waals surface area contributed by atoms with Gasteiger partial charge < -0.3 is 10.1 Å². The van der Waals surface area contributed by atoms with Gasteiger partial charge in [-0.3, -0.25) is 0 Å². The Labute approximate surface area is 123 Å². The average molecular weight is 332 g/mol. The summed E-state index contributed by atoms with van der Waals surface area (Å²) < 4.78 is 19.5. The zero-order valence-corrected chi connectivity index (χ0v) is 13.5. The quantitative estimate of drug-likeness (QED) is 0.766. The molecule has 2 unspecified atom stereocenters. The first-order chi connectivity index (χ1) is 9.08. The molecule has 2 atom stereocenters. The first-order valence-electron chi connectivity index (χ1n) is 6.76. The van der Waals surface area contributed by atoms with Gasteiger partial charge in [-0.2, -0.15) is 0 Å². The third-order valence-electron chi connectivity index (χ3n) is 3.20. The normalized spacial score (nSPS) is 14.4. The number of ether oxygens (including phenoxy) is 1. The zero-order valence-electron chi connectivity index (χ0n) is 11.9. The van der Waals surface area contributed by atoms with Crippen molar-refractivity contribution >= 4 is 15.9 Å². The molecule has 0 aliphatic rings. The highest BCUT2D eigenvalue weighted by atomic mass is 79.9. The number of benzene rings is 1. The van der Waals surface area contributed by atoms with Gasteiger partial charge in [-0.05, 0) is 49.1 Å². The van der Waals surface area contributed by atoms with E-state index < -0.39 is 0 Å². The van der Waals surface area contributed by atoms with Crippen molar-refractivity contribution in [2.75, 3.05) is 20.3 Å². The van der Waals surface area contributed by atoms with Crippen LogP contribution in [0.15, 0.2) is 22.7 Å². The van der Waals surface area contributed by atoms with Crippen LogP contribution < -0.4 is 5.32 Å². The summed E-state index contributed by atoms with van der Waals surface area (Å²) in [6.45, 7) is 5.95. The standard InChI is InChI=1S/C15H23BrFNO/c1-4-6-18-15(11(2)5-7-19-3)12-8-13(16)10-14(17)9-12/h8-11,15,18H,4-7H2,1-3H3. The SMILES string of the molecule is CCCNC(c1cc(F)cc(Br)c1)C(C)CCOC. The van der Waals surface area contributed by atoms with Gasteiger partial charge in [-0.1, -0.05) is 29.8 Å². The van der Waals surface area contributed by atoms with E-state index in [0.29, 0.717) is 5.92 Å². The van der Waals surface area contributed by atoms with Crippen LogP contribution >= 0.6 is 15.9 Å². The summed E-state index contributed by atoms with van der Waals surface area (Å²) in [4.78, 5) is 0. The fourth-order valence-electron chi connectivity index (χ4n) is 2.17. The summed E-state index contributed by atoms with van der Waals surface area (Å²) in [6, 6.07) is 5.24. The topological polar surface area (TPSA) is 21.3 Å². The number of hydrogen-bond donors (Lipinski definition) is 1. The van der Waals surface area contributed by atoms with E-state index in [2.05, 4.69) is 35.1 Å². The first kappa shape index (κ1) is 16.6. The maximum Gasteiger partial charge on any atom is 0.124 e. The monoisotopic (exact) mass is 331 g/mol. The minimum Gasteiger partial charge on any atom is -0.385 e. The number of halogens is 2. The highest BCUT2D eigenvalue weighted by molar-refractivity contribution is 9.10. The van der Waals surface area contributed by atoms with Crippen molar-refractivity contribution < 1.29 is 9.13 Å². The van der Waals surface area contributed by atoms with Crippen LogP contribution in [0.4, 0.5) is 4.39 Å². The van der Waals surface area contributed by atoms with E-state index in [1.54, 1.807) is 13.2 Å². The molecule has 0 aliphatic heterocycles. The molecule has 1 N–H and O–H groups in total. The van der Waals surface area contributed by atoms with Gasteiger partial charge in [-0.25, -0.2) is 4.39 Å². The lowest BCUT2D eigenvalue weighted by molar-refractivity contribution is 0.170. The van der Waals surface area contributed by atoms with Crippen molar-refractivity contribution in [1.29, 1.82) is 0 Å². The fraction of sp³-hybridized carbons (Fsp3) is 0.600. The number of methoxy groups -OCH3 is 1. The van der Waals surface area contributed by atoms with E-state index in [1.807, 2.05) is 6.07 Å². The van der Waals surface area contributed by atoms with Gasteiger partial charge in [0.25, 0.3) is 0 Å². The molecular formula is C15H23BrFNO. The molecular weight excluding hydrogens is 309 g/mol. The molecule has 0 heterocycles. The molecule has 0 saturated carbocycles. The summed E-state index contributed by atoms with van der Waals surface area (Å²) in [7, 11) is 1.71. The molecule has 0 bridgehead atoms. The summed E-state index contributed by atoms with van der Waals surface area (Å²) in [6.07, 6.45) is 2.01. The maximum absolute atomic E-state index is 13.5. The minimum atomic E-state index is -0.202. The molecule has 0 saturated heterocycles. The maximum atomic E-state index is 13.5. The van der Waals surface area contributed by atoms with Gasteiger partial charge in [0.15, 0.2) is 0 Å². The van der Waals surface area contributed by atoms with Gasteiger partial charge in [0, 0.05) is 24.2 Å². The second-order valence-corrected chi connectivity index (χ2v) is 5.81. The van der Waals surface area contributed by atoms with E-state index in [1.165, 1.54) is 6.07 Å². The van der Waals surface area contributed by atoms with Crippen LogP contribution in [0, 0.1) is 11.7 Å². The van der Waals surface area contributed by atoms with E-state index >= 15 is 0 Å². The smallest absolute Gasteiger partial charge is 0.124 e. The first-order valence-corrected chi connectivity index (χ1v) is 7.56. The number of nitrogens with one attached hydrogen (secondary N) is 1. The summed E-state index contributed by atoms with van der Waals surface area (Å²) in [5.74, 6) is 0.187. The molecule has 1 rings (SSSR count). The molecule has 4 heteroatoms. The van der Waals surface area contributed by atoms with Crippen LogP contribution in [-0.4, -0.2) is 20.3 Å². The Kier molecular flexibility index (Phi) is 7.57. The Morgan fingerprint density at radius 3 is 2.68 bits per heavy atom. The molecule has 19 heavy (non-hydrogen) atoms. The van der Waals surface area contributed by atoms with Crippen LogP contribution in [0.5, 0.6) is 0 Å². The highest BCUT2D eigenvalue weighted by Crippen LogP contribution is 2.27. The van der Waals surface area contributed by atoms with Crippen molar-refractivity contribution in [1.82, 2.24) is 5.32 Å². The largest absolute Gasteiger partial charge is 0.385 e. The summed E-state index contributed by atoms with van der Waals surface area (Å²) >= 11 is 3.36. The molecule has 0 amide bonds. The summed E-state index contributed by atoms with van der Waals surface area (Å²) in [5, 5.41) is 3.51. The molecule has 2 nitrogen and oxygen atoms in total. The van der Waals surface area contributed by atoms with Crippen LogP contribution in [0.3, 0.4) is 0 Å². The van der Waals surface area contributed by atoms with E-state index in [9.17, 15) is 4.39 Å². The lowest BCUT2D eigenvalue weighted by atomic mass is 9.92. The molecule has 1 aromatic rings. The molecule has 0 aromatic heterocycles. The van der Waals surface area contributed by atoms with Crippen molar-refractivity contribution in [3.05, 3.63) is 34.1 Å². The van der Waals surface area contributed by atoms with Gasteiger partial charge in [0.2, 0.25) is 0 Å². The number of hydrogen-bond acceptors (Lipinski definition) is 2. The third kappa shape index (κ3) is 5.59. The third-order valence-corrected chi connectivity index (χ3v) is 3.66. The van der Waals surface area contributed by atoms with Gasteiger partial charge in [0.05, 0.1) is 0 Å². The van der Waals surface area contributed by atoms with E-state index in [-0.39, 0.29) is 11.9 Å². The Bertz CT molecular complexity index is 366. The van der Waals surface area contributed by atoms with Crippen molar-refractivity contribution in [2.24, 2.45) is 5.92 Å². The van der Waals surface area contributed by atoms with Crippen molar-refractivity contribution in [2.45, 2.75) is 32.7 Å². The molecule has 0 aliphatic carbocycles. The minimum absolute atomic E-state index is 0.155. The average Bonchev–Trinajstić information content (AvgIpc) is 2.35. The lowest BCUT2D eigenvalue weighted by Gasteiger charge is -2.26. The molecule has 108 valence electrons. The lowest BCUT2D eigenvalue weighted by Crippen LogP contribution is -2.28. The Balaban J connectivity index is 2.87. The van der Waals surface area contributed by atoms with Crippen molar-refractivity contribution in [3.63, 3.8) is 0 Å². The van der Waals surface area contributed by atoms with Crippen LogP contribution in [0.25, 0.3) is 0 Å². The van der Waals surface area contributed by atoms with Gasteiger partial charge in [0.1, 0.15) is 5.82 Å². The van der Waals surface area contributed by atoms with E-state index in [0.717, 1.165) is 36.0 Å². The Morgan fingerprint density at radius 2 is 2.11 bits per heavy atom. The van der Waals surface area contributed by atoms with Crippen molar-refractivity contribution in [3.8, 4) is 0 Å². The van der Waals surface area contributed by atoms with Gasteiger partial charge in [-0.15, -0.1) is 0 Å². The molecule has 0 radical (unpaired) electrons. The number of rotatable bonds is 8. The fourth-order valence-corrected chi connectivity index (χ4v) is 2.66. The van der Waals surface area contributed by atoms with Crippen LogP contribution in [0.1, 0.15) is 38.3 Å². The highest BCUT2D eigenvalue weighted by Gasteiger charge is 2.19.